The second-order valence-electron chi connectivity index (χ2n) is 7.45. The standard InChI is InChI=1S/C15H32BO6PSi/c1-8-18-23(17,19-9-2)22-12-10-14(16)21-13(12)11-20-24(6,7)15(3,4)5/h12-14H,8-11H2,1-7H3/t12-,13-,14-/m1/s1. The topological polar surface area (TPSA) is 63.2 Å². The number of rotatable bonds is 9. The second kappa shape index (κ2) is 8.80. The predicted octanol–water partition coefficient (Wildman–Crippen LogP) is 3.86. The molecule has 1 fully saturated rings. The molecule has 1 heterocycles. The predicted molar refractivity (Wildman–Crippen MR) is 97.9 cm³/mol. The normalized spacial score (nSPS) is 26.0. The first kappa shape index (κ1) is 22.4. The maximum Gasteiger partial charge on any atom is 0.475 e. The van der Waals surface area contributed by atoms with Crippen molar-refractivity contribution < 1.29 is 27.3 Å². The van der Waals surface area contributed by atoms with Crippen LogP contribution in [-0.4, -0.2) is 54.2 Å². The third-order valence-electron chi connectivity index (χ3n) is 4.48. The van der Waals surface area contributed by atoms with Gasteiger partial charge in [-0.15, -0.1) is 0 Å². The van der Waals surface area contributed by atoms with E-state index in [0.29, 0.717) is 13.0 Å². The first-order valence-corrected chi connectivity index (χ1v) is 12.9. The zero-order valence-corrected chi connectivity index (χ0v) is 17.9. The summed E-state index contributed by atoms with van der Waals surface area (Å²) in [5, 5.41) is 0.0933. The van der Waals surface area contributed by atoms with E-state index in [2.05, 4.69) is 33.9 Å². The highest BCUT2D eigenvalue weighted by Crippen LogP contribution is 2.52. The van der Waals surface area contributed by atoms with Crippen molar-refractivity contribution in [2.75, 3.05) is 19.8 Å². The van der Waals surface area contributed by atoms with Gasteiger partial charge in [0.05, 0.1) is 25.9 Å². The van der Waals surface area contributed by atoms with Crippen LogP contribution in [0.3, 0.4) is 0 Å². The van der Waals surface area contributed by atoms with Crippen molar-refractivity contribution in [3.63, 3.8) is 0 Å². The van der Waals surface area contributed by atoms with Gasteiger partial charge in [-0.2, -0.15) is 0 Å². The molecule has 0 amide bonds. The summed E-state index contributed by atoms with van der Waals surface area (Å²) >= 11 is 0. The fourth-order valence-corrected chi connectivity index (χ4v) is 4.49. The number of hydrogen-bond donors (Lipinski definition) is 0. The van der Waals surface area contributed by atoms with Gasteiger partial charge in [-0.25, -0.2) is 4.57 Å². The van der Waals surface area contributed by atoms with Gasteiger partial charge in [0, 0.05) is 6.00 Å². The highest BCUT2D eigenvalue weighted by atomic mass is 31.2. The molecule has 0 N–H and O–H groups in total. The summed E-state index contributed by atoms with van der Waals surface area (Å²) in [6.07, 6.45) is -0.438. The molecule has 0 bridgehead atoms. The highest BCUT2D eigenvalue weighted by molar-refractivity contribution is 7.48. The fourth-order valence-electron chi connectivity index (χ4n) is 2.09. The first-order valence-electron chi connectivity index (χ1n) is 8.56. The molecule has 0 saturated carbocycles. The van der Waals surface area contributed by atoms with Crippen molar-refractivity contribution >= 4 is 24.0 Å². The molecule has 3 atom stereocenters. The third kappa shape index (κ3) is 6.24. The average Bonchev–Trinajstić information content (AvgIpc) is 2.75. The third-order valence-corrected chi connectivity index (χ3v) is 10.7. The summed E-state index contributed by atoms with van der Waals surface area (Å²) < 4.78 is 40.5. The summed E-state index contributed by atoms with van der Waals surface area (Å²) in [6.45, 7) is 15.2. The minimum atomic E-state index is -3.61. The van der Waals surface area contributed by atoms with Crippen LogP contribution in [0.5, 0.6) is 0 Å². The van der Waals surface area contributed by atoms with Gasteiger partial charge in [0.15, 0.2) is 8.32 Å². The lowest BCUT2D eigenvalue weighted by atomic mass is 9.96. The van der Waals surface area contributed by atoms with Crippen LogP contribution < -0.4 is 0 Å². The fraction of sp³-hybridized carbons (Fsp3) is 1.00. The summed E-state index contributed by atoms with van der Waals surface area (Å²) in [5.74, 6) is 0. The zero-order chi connectivity index (χ0) is 18.6. The molecule has 0 aromatic rings. The molecule has 0 unspecified atom stereocenters. The lowest BCUT2D eigenvalue weighted by molar-refractivity contribution is -0.00782. The van der Waals surface area contributed by atoms with Gasteiger partial charge in [0.1, 0.15) is 14.0 Å². The number of phosphoric acid groups is 1. The average molecular weight is 378 g/mol. The Morgan fingerprint density at radius 1 is 1.21 bits per heavy atom. The molecule has 1 aliphatic heterocycles. The molecule has 0 aromatic heterocycles. The second-order valence-corrected chi connectivity index (χ2v) is 13.9. The lowest BCUT2D eigenvalue weighted by Gasteiger charge is -2.37. The molecule has 140 valence electrons. The van der Waals surface area contributed by atoms with E-state index in [-0.39, 0.29) is 24.4 Å². The van der Waals surface area contributed by atoms with E-state index in [1.807, 2.05) is 0 Å². The monoisotopic (exact) mass is 378 g/mol. The van der Waals surface area contributed by atoms with E-state index in [9.17, 15) is 4.57 Å². The van der Waals surface area contributed by atoms with Crippen molar-refractivity contribution in [3.05, 3.63) is 0 Å². The molecular weight excluding hydrogens is 346 g/mol. The van der Waals surface area contributed by atoms with Crippen LogP contribution >= 0.6 is 7.82 Å². The Bertz CT molecular complexity index is 432. The Morgan fingerprint density at radius 3 is 2.21 bits per heavy atom. The Labute approximate surface area is 149 Å². The van der Waals surface area contributed by atoms with Gasteiger partial charge < -0.3 is 9.16 Å². The van der Waals surface area contributed by atoms with Crippen LogP contribution in [-0.2, 0) is 27.3 Å². The maximum absolute atomic E-state index is 12.6. The van der Waals surface area contributed by atoms with Crippen LogP contribution in [0.2, 0.25) is 18.1 Å². The van der Waals surface area contributed by atoms with Gasteiger partial charge in [-0.05, 0) is 38.4 Å². The van der Waals surface area contributed by atoms with E-state index < -0.39 is 28.2 Å². The Hall–Kier alpha value is 0.312. The van der Waals surface area contributed by atoms with Crippen molar-refractivity contribution in [2.45, 2.75) is 77.4 Å². The molecule has 6 nitrogen and oxygen atoms in total. The van der Waals surface area contributed by atoms with Crippen LogP contribution in [0.4, 0.5) is 0 Å². The van der Waals surface area contributed by atoms with Gasteiger partial charge >= 0.3 is 7.82 Å². The lowest BCUT2D eigenvalue weighted by Crippen LogP contribution is -2.44. The molecule has 0 aromatic carbocycles. The molecular formula is C15H32BO6PSi. The molecule has 2 radical (unpaired) electrons. The van der Waals surface area contributed by atoms with E-state index in [0.717, 1.165) is 0 Å². The van der Waals surface area contributed by atoms with E-state index in [1.165, 1.54) is 0 Å². The Morgan fingerprint density at radius 2 is 1.75 bits per heavy atom. The summed E-state index contributed by atoms with van der Waals surface area (Å²) in [5.41, 5.74) is 0. The van der Waals surface area contributed by atoms with Crippen molar-refractivity contribution in [3.8, 4) is 0 Å². The number of hydrogen-bond acceptors (Lipinski definition) is 6. The number of phosphoric ester groups is 1. The van der Waals surface area contributed by atoms with E-state index >= 15 is 0 Å². The van der Waals surface area contributed by atoms with Crippen LogP contribution in [0, 0.1) is 0 Å². The quantitative estimate of drug-likeness (QED) is 0.449. The van der Waals surface area contributed by atoms with Crippen LogP contribution in [0.15, 0.2) is 0 Å². The molecule has 1 aliphatic rings. The Kier molecular flexibility index (Phi) is 8.20. The SMILES string of the molecule is [B][C@H]1C[C@@H](OP(=O)(OCC)OCC)[C@@H](CO[Si](C)(C)C(C)(C)C)O1. The molecule has 0 spiro atoms. The van der Waals surface area contributed by atoms with Gasteiger partial charge in [-0.1, -0.05) is 20.8 Å². The summed E-state index contributed by atoms with van der Waals surface area (Å²) in [6, 6.07) is -0.472. The van der Waals surface area contributed by atoms with Crippen molar-refractivity contribution in [1.82, 2.24) is 0 Å². The zero-order valence-electron chi connectivity index (χ0n) is 16.0. The molecule has 1 saturated heterocycles. The van der Waals surface area contributed by atoms with Crippen molar-refractivity contribution in [1.29, 1.82) is 0 Å². The summed E-state index contributed by atoms with van der Waals surface area (Å²) in [4.78, 5) is 0. The minimum absolute atomic E-state index is 0.0933. The maximum atomic E-state index is 12.6. The Balaban J connectivity index is 2.74. The van der Waals surface area contributed by atoms with Gasteiger partial charge in [0.25, 0.3) is 0 Å². The van der Waals surface area contributed by atoms with Gasteiger partial charge in [-0.3, -0.25) is 13.6 Å². The summed E-state index contributed by atoms with van der Waals surface area (Å²) in [7, 11) is 0.360. The van der Waals surface area contributed by atoms with E-state index in [4.69, 9.17) is 30.6 Å². The smallest absolute Gasteiger partial charge is 0.414 e. The van der Waals surface area contributed by atoms with Crippen molar-refractivity contribution in [2.24, 2.45) is 0 Å². The molecule has 24 heavy (non-hydrogen) atoms. The number of ether oxygens (including phenoxy) is 1. The van der Waals surface area contributed by atoms with Crippen LogP contribution in [0.25, 0.3) is 0 Å². The minimum Gasteiger partial charge on any atom is -0.414 e. The molecule has 0 aliphatic carbocycles. The molecule has 1 rings (SSSR count). The van der Waals surface area contributed by atoms with Crippen LogP contribution in [0.1, 0.15) is 41.0 Å². The highest BCUT2D eigenvalue weighted by Gasteiger charge is 2.43. The molecule has 9 heteroatoms. The van der Waals surface area contributed by atoms with E-state index in [1.54, 1.807) is 13.8 Å². The first-order chi connectivity index (χ1) is 10.9. The van der Waals surface area contributed by atoms with Gasteiger partial charge in [0.2, 0.25) is 0 Å². The largest absolute Gasteiger partial charge is 0.475 e.